The molecule has 2 saturated heterocycles. The first-order valence-corrected chi connectivity index (χ1v) is 8.74. The van der Waals surface area contributed by atoms with E-state index in [1.807, 2.05) is 0 Å². The van der Waals surface area contributed by atoms with Gasteiger partial charge in [0.2, 0.25) is 5.91 Å². The van der Waals surface area contributed by atoms with Crippen LogP contribution in [0.1, 0.15) is 71.1 Å². The fourth-order valence-corrected chi connectivity index (χ4v) is 4.73. The molecule has 1 saturated carbocycles. The molecular formula is C17H31ClN2O. The molecule has 0 bridgehead atoms. The average Bonchev–Trinajstić information content (AvgIpc) is 2.98. The Labute approximate surface area is 135 Å². The van der Waals surface area contributed by atoms with Gasteiger partial charge in [-0.25, -0.2) is 0 Å². The molecule has 1 unspecified atom stereocenters. The van der Waals surface area contributed by atoms with Crippen LogP contribution in [0.2, 0.25) is 0 Å². The van der Waals surface area contributed by atoms with Gasteiger partial charge in [0.25, 0.3) is 0 Å². The number of hydrogen-bond donors (Lipinski definition) is 1. The molecular weight excluding hydrogens is 284 g/mol. The second kappa shape index (κ2) is 6.87. The molecule has 3 fully saturated rings. The van der Waals surface area contributed by atoms with Crippen molar-refractivity contribution in [2.24, 2.45) is 5.41 Å². The van der Waals surface area contributed by atoms with Gasteiger partial charge in [0.15, 0.2) is 0 Å². The van der Waals surface area contributed by atoms with Gasteiger partial charge in [0, 0.05) is 13.1 Å². The lowest BCUT2D eigenvalue weighted by molar-refractivity contribution is -0.140. The summed E-state index contributed by atoms with van der Waals surface area (Å²) < 4.78 is 0. The van der Waals surface area contributed by atoms with Gasteiger partial charge in [-0.05, 0) is 56.9 Å². The molecule has 1 atom stereocenters. The zero-order chi connectivity index (χ0) is 14.1. The van der Waals surface area contributed by atoms with Crippen LogP contribution >= 0.6 is 12.4 Å². The van der Waals surface area contributed by atoms with E-state index in [2.05, 4.69) is 17.1 Å². The highest BCUT2D eigenvalue weighted by atomic mass is 35.5. The number of rotatable bonds is 2. The zero-order valence-corrected chi connectivity index (χ0v) is 14.3. The molecule has 0 radical (unpaired) electrons. The third-order valence-electron chi connectivity index (χ3n) is 6.28. The Morgan fingerprint density at radius 3 is 2.19 bits per heavy atom. The van der Waals surface area contributed by atoms with Crippen molar-refractivity contribution < 1.29 is 4.79 Å². The van der Waals surface area contributed by atoms with Gasteiger partial charge in [0.1, 0.15) is 0 Å². The molecule has 21 heavy (non-hydrogen) atoms. The van der Waals surface area contributed by atoms with E-state index >= 15 is 0 Å². The Kier molecular flexibility index (Phi) is 5.59. The number of piperidine rings is 1. The van der Waals surface area contributed by atoms with Crippen LogP contribution < -0.4 is 5.32 Å². The van der Waals surface area contributed by atoms with Crippen molar-refractivity contribution in [1.29, 1.82) is 0 Å². The monoisotopic (exact) mass is 314 g/mol. The number of halogens is 1. The SMILES string of the molecule is CCC1(C(=O)N2CCC3(CCCCC3)CC2)CCCN1.Cl. The summed E-state index contributed by atoms with van der Waals surface area (Å²) in [6.45, 7) is 5.17. The van der Waals surface area contributed by atoms with Gasteiger partial charge >= 0.3 is 0 Å². The Morgan fingerprint density at radius 2 is 1.67 bits per heavy atom. The van der Waals surface area contributed by atoms with E-state index in [4.69, 9.17) is 0 Å². The van der Waals surface area contributed by atoms with Gasteiger partial charge in [-0.3, -0.25) is 4.79 Å². The largest absolute Gasteiger partial charge is 0.341 e. The van der Waals surface area contributed by atoms with Crippen LogP contribution in [0.5, 0.6) is 0 Å². The summed E-state index contributed by atoms with van der Waals surface area (Å²) in [4.78, 5) is 15.1. The fraction of sp³-hybridized carbons (Fsp3) is 0.941. The Hall–Kier alpha value is -0.280. The lowest BCUT2D eigenvalue weighted by atomic mass is 9.68. The van der Waals surface area contributed by atoms with E-state index < -0.39 is 0 Å². The molecule has 2 heterocycles. The van der Waals surface area contributed by atoms with E-state index in [0.29, 0.717) is 11.3 Å². The third kappa shape index (κ3) is 3.24. The first-order chi connectivity index (χ1) is 9.70. The average molecular weight is 315 g/mol. The van der Waals surface area contributed by atoms with E-state index in [9.17, 15) is 4.79 Å². The lowest BCUT2D eigenvalue weighted by Gasteiger charge is -2.46. The van der Waals surface area contributed by atoms with Crippen LogP contribution in [-0.4, -0.2) is 36.0 Å². The third-order valence-corrected chi connectivity index (χ3v) is 6.28. The molecule has 1 amide bonds. The minimum Gasteiger partial charge on any atom is -0.341 e. The molecule has 1 aliphatic carbocycles. The van der Waals surface area contributed by atoms with Crippen molar-refractivity contribution in [1.82, 2.24) is 10.2 Å². The number of amides is 1. The quantitative estimate of drug-likeness (QED) is 0.846. The molecule has 122 valence electrons. The van der Waals surface area contributed by atoms with Crippen LogP contribution in [0.15, 0.2) is 0 Å². The van der Waals surface area contributed by atoms with Gasteiger partial charge in [-0.2, -0.15) is 0 Å². The molecule has 4 heteroatoms. The second-order valence-electron chi connectivity index (χ2n) is 7.32. The summed E-state index contributed by atoms with van der Waals surface area (Å²) in [6.07, 6.45) is 12.7. The van der Waals surface area contributed by atoms with E-state index in [0.717, 1.165) is 38.9 Å². The van der Waals surface area contributed by atoms with Crippen LogP contribution in [-0.2, 0) is 4.79 Å². The number of hydrogen-bond acceptors (Lipinski definition) is 2. The molecule has 0 aromatic rings. The molecule has 1 N–H and O–H groups in total. The maximum absolute atomic E-state index is 12.9. The van der Waals surface area contributed by atoms with Gasteiger partial charge in [0.05, 0.1) is 5.54 Å². The normalized spacial score (nSPS) is 32.0. The first kappa shape index (κ1) is 17.1. The minimum absolute atomic E-state index is 0. The van der Waals surface area contributed by atoms with Crippen molar-refractivity contribution in [3.8, 4) is 0 Å². The maximum atomic E-state index is 12.9. The standard InChI is InChI=1S/C17H30N2O.ClH/c1-2-17(9-6-12-18-17)15(20)19-13-10-16(11-14-19)7-4-3-5-8-16;/h18H,2-14H2,1H3;1H. The minimum atomic E-state index is -0.225. The number of carbonyl (C=O) groups is 1. The Balaban J connectivity index is 0.00000161. The van der Waals surface area contributed by atoms with Gasteiger partial charge in [-0.15, -0.1) is 12.4 Å². The molecule has 1 spiro atoms. The van der Waals surface area contributed by atoms with Crippen LogP contribution in [0, 0.1) is 5.41 Å². The summed E-state index contributed by atoms with van der Waals surface area (Å²) >= 11 is 0. The summed E-state index contributed by atoms with van der Waals surface area (Å²) in [5.74, 6) is 0.392. The number of nitrogens with zero attached hydrogens (tertiary/aromatic N) is 1. The van der Waals surface area contributed by atoms with Gasteiger partial charge < -0.3 is 10.2 Å². The number of likely N-dealkylation sites (tertiary alicyclic amines) is 1. The van der Waals surface area contributed by atoms with Crippen LogP contribution in [0.4, 0.5) is 0 Å². The number of nitrogens with one attached hydrogen (secondary N) is 1. The van der Waals surface area contributed by atoms with Crippen molar-refractivity contribution in [2.75, 3.05) is 19.6 Å². The Bertz CT molecular complexity index is 350. The van der Waals surface area contributed by atoms with Crippen molar-refractivity contribution >= 4 is 18.3 Å². The highest BCUT2D eigenvalue weighted by Gasteiger charge is 2.44. The Morgan fingerprint density at radius 1 is 1.00 bits per heavy atom. The van der Waals surface area contributed by atoms with Crippen molar-refractivity contribution in [3.05, 3.63) is 0 Å². The molecule has 3 aliphatic rings. The topological polar surface area (TPSA) is 32.3 Å². The highest BCUT2D eigenvalue weighted by Crippen LogP contribution is 2.45. The summed E-state index contributed by atoms with van der Waals surface area (Å²) in [5.41, 5.74) is 0.370. The molecule has 0 aromatic carbocycles. The van der Waals surface area contributed by atoms with E-state index in [1.54, 1.807) is 0 Å². The highest BCUT2D eigenvalue weighted by molar-refractivity contribution is 5.86. The van der Waals surface area contributed by atoms with Crippen molar-refractivity contribution in [3.63, 3.8) is 0 Å². The van der Waals surface area contributed by atoms with Crippen LogP contribution in [0.25, 0.3) is 0 Å². The maximum Gasteiger partial charge on any atom is 0.242 e. The summed E-state index contributed by atoms with van der Waals surface area (Å²) in [5, 5.41) is 3.50. The zero-order valence-electron chi connectivity index (χ0n) is 13.5. The van der Waals surface area contributed by atoms with E-state index in [-0.39, 0.29) is 17.9 Å². The molecule has 2 aliphatic heterocycles. The summed E-state index contributed by atoms with van der Waals surface area (Å²) in [6, 6.07) is 0. The van der Waals surface area contributed by atoms with Crippen molar-refractivity contribution in [2.45, 2.75) is 76.7 Å². The van der Waals surface area contributed by atoms with Crippen LogP contribution in [0.3, 0.4) is 0 Å². The predicted octanol–water partition coefficient (Wildman–Crippen LogP) is 3.51. The smallest absolute Gasteiger partial charge is 0.242 e. The predicted molar refractivity (Wildman–Crippen MR) is 88.8 cm³/mol. The van der Waals surface area contributed by atoms with E-state index in [1.165, 1.54) is 44.9 Å². The fourth-order valence-electron chi connectivity index (χ4n) is 4.73. The van der Waals surface area contributed by atoms with Gasteiger partial charge in [-0.1, -0.05) is 26.2 Å². The molecule has 0 aromatic heterocycles. The number of carbonyl (C=O) groups excluding carboxylic acids is 1. The molecule has 3 nitrogen and oxygen atoms in total. The summed E-state index contributed by atoms with van der Waals surface area (Å²) in [7, 11) is 0. The first-order valence-electron chi connectivity index (χ1n) is 8.74. The lowest BCUT2D eigenvalue weighted by Crippen LogP contribution is -2.57. The molecule has 3 rings (SSSR count). The second-order valence-corrected chi connectivity index (χ2v) is 7.32.